The molecule has 0 aliphatic heterocycles. The summed E-state index contributed by atoms with van der Waals surface area (Å²) in [4.78, 5) is 26.9. The van der Waals surface area contributed by atoms with E-state index in [1.807, 2.05) is 13.0 Å². The molecule has 0 aromatic heterocycles. The zero-order valence-electron chi connectivity index (χ0n) is 31.8. The largest absolute Gasteiger partial charge is 0.493 e. The van der Waals surface area contributed by atoms with Crippen LogP contribution in [-0.4, -0.2) is 62.3 Å². The first-order valence-electron chi connectivity index (χ1n) is 18.7. The van der Waals surface area contributed by atoms with Gasteiger partial charge >= 0.3 is 11.9 Å². The number of methoxy groups -OCH3 is 3. The maximum absolute atomic E-state index is 13.6. The van der Waals surface area contributed by atoms with Gasteiger partial charge in [-0.1, -0.05) is 59.3 Å². The van der Waals surface area contributed by atoms with Crippen molar-refractivity contribution in [2.75, 3.05) is 27.9 Å². The number of carbonyl (C=O) groups excluding carboxylic acids is 2. The predicted octanol–water partition coefficient (Wildman–Crippen LogP) is 7.55. The van der Waals surface area contributed by atoms with E-state index < -0.39 is 29.0 Å². The second kappa shape index (κ2) is 12.7. The predicted molar refractivity (Wildman–Crippen MR) is 192 cm³/mol. The van der Waals surface area contributed by atoms with Crippen molar-refractivity contribution in [3.63, 3.8) is 0 Å². The molecule has 0 spiro atoms. The fourth-order valence-electron chi connectivity index (χ4n) is 12.4. The Hall–Kier alpha value is -2.84. The monoisotopic (exact) mass is 692 g/mol. The summed E-state index contributed by atoms with van der Waals surface area (Å²) >= 11 is 0. The Balaban J connectivity index is 1.29. The molecule has 276 valence electrons. The van der Waals surface area contributed by atoms with Crippen LogP contribution >= 0.6 is 0 Å². The number of hydrogen-bond donors (Lipinski definition) is 2. The number of rotatable bonds is 7. The van der Waals surface area contributed by atoms with Gasteiger partial charge in [-0.25, -0.2) is 4.79 Å². The van der Waals surface area contributed by atoms with E-state index in [0.29, 0.717) is 17.9 Å². The summed E-state index contributed by atoms with van der Waals surface area (Å²) in [5.41, 5.74) is 0.615. The Morgan fingerprint density at radius 2 is 1.60 bits per heavy atom. The van der Waals surface area contributed by atoms with E-state index in [0.717, 1.165) is 56.9 Å². The molecule has 5 aliphatic carbocycles. The van der Waals surface area contributed by atoms with E-state index in [4.69, 9.17) is 18.9 Å². The van der Waals surface area contributed by atoms with Gasteiger partial charge in [-0.2, -0.15) is 0 Å². The Morgan fingerprint density at radius 1 is 0.900 bits per heavy atom. The molecule has 0 bridgehead atoms. The highest BCUT2D eigenvalue weighted by Crippen LogP contribution is 2.76. The second-order valence-corrected chi connectivity index (χ2v) is 18.1. The van der Waals surface area contributed by atoms with E-state index in [2.05, 4.69) is 40.7 Å². The molecule has 0 heterocycles. The molecule has 0 unspecified atom stereocenters. The normalized spacial score (nSPS) is 41.8. The third-order valence-electron chi connectivity index (χ3n) is 15.3. The summed E-state index contributed by atoms with van der Waals surface area (Å²) in [7, 11) is 4.68. The van der Waals surface area contributed by atoms with Gasteiger partial charge in [0, 0.05) is 11.5 Å². The Morgan fingerprint density at radius 3 is 2.26 bits per heavy atom. The number of aliphatic hydroxyl groups excluding tert-OH is 2. The number of esters is 2. The maximum atomic E-state index is 13.6. The third kappa shape index (κ3) is 5.36. The molecule has 6 rings (SSSR count). The number of carbonyl (C=O) groups is 2. The van der Waals surface area contributed by atoms with Crippen LogP contribution < -0.4 is 9.47 Å². The van der Waals surface area contributed by atoms with Crippen LogP contribution in [0.2, 0.25) is 0 Å². The summed E-state index contributed by atoms with van der Waals surface area (Å²) in [6, 6.07) is 5.38. The SMILES string of the molecule is COC(=O)[C@]12CCC(C)(C)C[C@H]1C1=CC[C@@H]3[C@@]4(C)C[C@@H](O)[C@H](OC(=O)C=Cc5ccc(OC)c(OC)c5)[C@](C)(CO)[C@@H]4CC[C@@]3(C)[C@]1(C)CC2. The molecule has 8 nitrogen and oxygen atoms in total. The highest BCUT2D eigenvalue weighted by atomic mass is 16.6. The molecule has 8 heteroatoms. The van der Waals surface area contributed by atoms with Crippen LogP contribution in [0.5, 0.6) is 11.5 Å². The number of allylic oxidation sites excluding steroid dienone is 2. The second-order valence-electron chi connectivity index (χ2n) is 18.1. The van der Waals surface area contributed by atoms with E-state index in [9.17, 15) is 19.8 Å². The maximum Gasteiger partial charge on any atom is 0.331 e. The molecule has 5 aliphatic rings. The van der Waals surface area contributed by atoms with Gasteiger partial charge in [0.25, 0.3) is 0 Å². The van der Waals surface area contributed by atoms with E-state index in [1.54, 1.807) is 39.5 Å². The molecule has 4 saturated carbocycles. The average Bonchev–Trinajstić information content (AvgIpc) is 3.08. The quantitative estimate of drug-likeness (QED) is 0.171. The number of ether oxygens (including phenoxy) is 4. The summed E-state index contributed by atoms with van der Waals surface area (Å²) in [6.07, 6.45) is 11.6. The van der Waals surface area contributed by atoms with Crippen molar-refractivity contribution in [3.8, 4) is 11.5 Å². The van der Waals surface area contributed by atoms with Gasteiger partial charge in [-0.3, -0.25) is 4.79 Å². The lowest BCUT2D eigenvalue weighted by Crippen LogP contribution is -2.68. The lowest BCUT2D eigenvalue weighted by Gasteiger charge is -2.71. The zero-order valence-corrected chi connectivity index (χ0v) is 31.8. The van der Waals surface area contributed by atoms with Gasteiger partial charge in [0.2, 0.25) is 0 Å². The van der Waals surface area contributed by atoms with Crippen molar-refractivity contribution >= 4 is 18.0 Å². The highest BCUT2D eigenvalue weighted by molar-refractivity contribution is 5.87. The number of hydrogen-bond acceptors (Lipinski definition) is 8. The smallest absolute Gasteiger partial charge is 0.331 e. The topological polar surface area (TPSA) is 112 Å². The fraction of sp³-hybridized carbons (Fsp3) is 0.714. The molecule has 1 aromatic carbocycles. The Kier molecular flexibility index (Phi) is 9.37. The minimum absolute atomic E-state index is 0.0408. The zero-order chi connectivity index (χ0) is 36.5. The highest BCUT2D eigenvalue weighted by Gasteiger charge is 2.71. The molecule has 0 saturated heterocycles. The van der Waals surface area contributed by atoms with Crippen molar-refractivity contribution in [2.45, 2.75) is 112 Å². The molecule has 0 amide bonds. The molecular formula is C42H60O8. The average molecular weight is 693 g/mol. The van der Waals surface area contributed by atoms with Crippen LogP contribution in [0.3, 0.4) is 0 Å². The summed E-state index contributed by atoms with van der Waals surface area (Å²) in [6.45, 7) is 13.7. The molecule has 0 radical (unpaired) electrons. The van der Waals surface area contributed by atoms with Gasteiger partial charge in [-0.05, 0) is 121 Å². The van der Waals surface area contributed by atoms with Crippen molar-refractivity contribution < 1.29 is 38.7 Å². The molecule has 50 heavy (non-hydrogen) atoms. The first kappa shape index (κ1) is 36.9. The minimum atomic E-state index is -0.926. The van der Waals surface area contributed by atoms with Gasteiger partial charge in [0.15, 0.2) is 11.5 Å². The molecular weight excluding hydrogens is 632 g/mol. The molecule has 10 atom stereocenters. The molecule has 4 fully saturated rings. The van der Waals surface area contributed by atoms with Crippen LogP contribution in [0.4, 0.5) is 0 Å². The fourth-order valence-corrected chi connectivity index (χ4v) is 12.4. The van der Waals surface area contributed by atoms with Crippen LogP contribution in [-0.2, 0) is 19.1 Å². The number of benzene rings is 1. The lowest BCUT2D eigenvalue weighted by atomic mass is 9.33. The van der Waals surface area contributed by atoms with Gasteiger partial charge in [0.05, 0.1) is 39.5 Å². The standard InChI is InChI=1S/C42H60O8/c1-37(2)18-20-42(36(46)49-9)21-19-40(5)27(28(42)23-37)12-14-33-38(3)24-29(44)35(39(4,25-43)32(38)16-17-41(33,40)6)50-34(45)15-11-26-10-13-30(47-7)31(22-26)48-8/h10-13,15,22,28-29,32-33,35,43-44H,14,16-21,23-25H2,1-9H3/t28-,29+,32+,33+,35-,38-,39+,40+,41+,42-/m0/s1. The first-order valence-corrected chi connectivity index (χ1v) is 18.7. The number of fused-ring (bicyclic) bond motifs is 7. The summed E-state index contributed by atoms with van der Waals surface area (Å²) in [5, 5.41) is 23.0. The first-order chi connectivity index (χ1) is 23.5. The molecule has 1 aromatic rings. The van der Waals surface area contributed by atoms with Crippen molar-refractivity contribution in [1.82, 2.24) is 0 Å². The third-order valence-corrected chi connectivity index (χ3v) is 15.3. The van der Waals surface area contributed by atoms with Crippen LogP contribution in [0.15, 0.2) is 35.9 Å². The van der Waals surface area contributed by atoms with Crippen LogP contribution in [0.25, 0.3) is 6.08 Å². The van der Waals surface area contributed by atoms with Gasteiger partial charge in [-0.15, -0.1) is 0 Å². The Labute approximate surface area is 299 Å². The van der Waals surface area contributed by atoms with E-state index in [-0.39, 0.29) is 52.0 Å². The van der Waals surface area contributed by atoms with Crippen molar-refractivity contribution in [1.29, 1.82) is 0 Å². The van der Waals surface area contributed by atoms with E-state index in [1.165, 1.54) is 11.6 Å². The Bertz CT molecular complexity index is 1560. The summed E-state index contributed by atoms with van der Waals surface area (Å²) in [5.74, 6) is 1.01. The minimum Gasteiger partial charge on any atom is -0.493 e. The van der Waals surface area contributed by atoms with Crippen molar-refractivity contribution in [2.24, 2.45) is 50.2 Å². The molecule has 2 N–H and O–H groups in total. The van der Waals surface area contributed by atoms with Crippen LogP contribution in [0.1, 0.15) is 105 Å². The van der Waals surface area contributed by atoms with E-state index >= 15 is 0 Å². The van der Waals surface area contributed by atoms with Gasteiger partial charge in [0.1, 0.15) is 6.10 Å². The number of aliphatic hydroxyl groups is 2. The summed E-state index contributed by atoms with van der Waals surface area (Å²) < 4.78 is 22.3. The van der Waals surface area contributed by atoms with Gasteiger partial charge < -0.3 is 29.2 Å². The van der Waals surface area contributed by atoms with Crippen molar-refractivity contribution in [3.05, 3.63) is 41.5 Å². The van der Waals surface area contributed by atoms with Crippen LogP contribution in [0, 0.1) is 50.2 Å². The lowest BCUT2D eigenvalue weighted by molar-refractivity contribution is -0.249.